The van der Waals surface area contributed by atoms with Gasteiger partial charge in [0.2, 0.25) is 0 Å². The van der Waals surface area contributed by atoms with E-state index in [9.17, 15) is 13.2 Å². The van der Waals surface area contributed by atoms with Gasteiger partial charge < -0.3 is 15.2 Å². The molecule has 0 radical (unpaired) electrons. The summed E-state index contributed by atoms with van der Waals surface area (Å²) in [5, 5.41) is 10.4. The lowest BCUT2D eigenvalue weighted by atomic mass is 9.99. The van der Waals surface area contributed by atoms with E-state index in [1.54, 1.807) is 14.7 Å². The standard InChI is InChI=1S/C20H31N5O4S/c1-2-14-12-24(8-7-21-14)30(27,28)25-16-5-6-17(25)10-15(9-16)22-20(26)18-11-19(29-23-18)13-3-4-13/h11,13-17,21H,2-10,12H2,1H3,(H,22,26)/t14?,15?,16-,17+. The zero-order valence-corrected chi connectivity index (χ0v) is 18.2. The van der Waals surface area contributed by atoms with E-state index >= 15 is 0 Å². The lowest BCUT2D eigenvalue weighted by Crippen LogP contribution is -2.60. The molecule has 2 N–H and O–H groups in total. The van der Waals surface area contributed by atoms with Gasteiger partial charge in [-0.15, -0.1) is 0 Å². The molecule has 1 aromatic heterocycles. The number of amides is 1. The Bertz CT molecular complexity index is 885. The molecule has 1 saturated carbocycles. The first-order valence-corrected chi connectivity index (χ1v) is 12.6. The molecule has 166 valence electrons. The molecule has 1 amide bonds. The predicted octanol–water partition coefficient (Wildman–Crippen LogP) is 1.21. The van der Waals surface area contributed by atoms with Crippen LogP contribution >= 0.6 is 0 Å². The Hall–Kier alpha value is -1.49. The molecule has 3 aliphatic heterocycles. The summed E-state index contributed by atoms with van der Waals surface area (Å²) in [6.45, 7) is 3.82. The molecule has 5 rings (SSSR count). The topological polar surface area (TPSA) is 108 Å². The van der Waals surface area contributed by atoms with Crippen LogP contribution in [0.15, 0.2) is 10.6 Å². The molecule has 2 bridgehead atoms. The molecule has 4 aliphatic rings. The van der Waals surface area contributed by atoms with Gasteiger partial charge in [0.1, 0.15) is 5.76 Å². The SMILES string of the molecule is CCC1CN(S(=O)(=O)N2[C@@H]3CC[C@H]2CC(NC(=O)c2cc(C4CC4)on2)C3)CCN1. The first-order valence-electron chi connectivity index (χ1n) is 11.2. The summed E-state index contributed by atoms with van der Waals surface area (Å²) in [4.78, 5) is 12.6. The van der Waals surface area contributed by atoms with E-state index in [0.717, 1.165) is 37.9 Å². The van der Waals surface area contributed by atoms with E-state index in [-0.39, 0.29) is 30.1 Å². The van der Waals surface area contributed by atoms with E-state index in [0.29, 0.717) is 44.1 Å². The number of piperazine rings is 1. The summed E-state index contributed by atoms with van der Waals surface area (Å²) in [6.07, 6.45) is 6.12. The number of fused-ring (bicyclic) bond motifs is 2. The zero-order chi connectivity index (χ0) is 20.9. The van der Waals surface area contributed by atoms with Gasteiger partial charge in [0.05, 0.1) is 0 Å². The molecule has 1 aliphatic carbocycles. The van der Waals surface area contributed by atoms with E-state index in [2.05, 4.69) is 22.7 Å². The van der Waals surface area contributed by atoms with Gasteiger partial charge in [-0.3, -0.25) is 4.79 Å². The highest BCUT2D eigenvalue weighted by molar-refractivity contribution is 7.86. The Morgan fingerprint density at radius 3 is 2.67 bits per heavy atom. The van der Waals surface area contributed by atoms with Crippen LogP contribution in [0.25, 0.3) is 0 Å². The lowest BCUT2D eigenvalue weighted by molar-refractivity contribution is 0.0897. The molecule has 30 heavy (non-hydrogen) atoms. The Kier molecular flexibility index (Phi) is 5.37. The largest absolute Gasteiger partial charge is 0.360 e. The first-order chi connectivity index (χ1) is 14.5. The molecular weight excluding hydrogens is 406 g/mol. The maximum absolute atomic E-state index is 13.4. The van der Waals surface area contributed by atoms with Crippen LogP contribution in [0, 0.1) is 0 Å². The van der Waals surface area contributed by atoms with Gasteiger partial charge >= 0.3 is 0 Å². The van der Waals surface area contributed by atoms with Crippen LogP contribution in [0.3, 0.4) is 0 Å². The fourth-order valence-corrected chi connectivity index (χ4v) is 7.35. The summed E-state index contributed by atoms with van der Waals surface area (Å²) >= 11 is 0. The molecule has 9 nitrogen and oxygen atoms in total. The fraction of sp³-hybridized carbons (Fsp3) is 0.800. The Balaban J connectivity index is 1.23. The van der Waals surface area contributed by atoms with Crippen LogP contribution in [0.2, 0.25) is 0 Å². The number of aromatic nitrogens is 1. The minimum atomic E-state index is -3.48. The molecule has 1 aromatic rings. The Labute approximate surface area is 177 Å². The van der Waals surface area contributed by atoms with Crippen molar-refractivity contribution in [2.24, 2.45) is 0 Å². The van der Waals surface area contributed by atoms with Crippen LogP contribution in [-0.2, 0) is 10.2 Å². The maximum atomic E-state index is 13.4. The number of nitrogens with zero attached hydrogens (tertiary/aromatic N) is 3. The van der Waals surface area contributed by atoms with Gasteiger partial charge in [-0.2, -0.15) is 17.0 Å². The number of rotatable bonds is 6. The molecule has 0 spiro atoms. The normalized spacial score (nSPS) is 33.0. The average molecular weight is 438 g/mol. The van der Waals surface area contributed by atoms with Gasteiger partial charge in [0, 0.05) is 55.8 Å². The third-order valence-electron chi connectivity index (χ3n) is 7.05. The number of carbonyl (C=O) groups excluding carboxylic acids is 1. The zero-order valence-electron chi connectivity index (χ0n) is 17.4. The van der Waals surface area contributed by atoms with Crippen molar-refractivity contribution in [2.75, 3.05) is 19.6 Å². The van der Waals surface area contributed by atoms with E-state index in [1.165, 1.54) is 0 Å². The van der Waals surface area contributed by atoms with Gasteiger partial charge in [-0.05, 0) is 44.9 Å². The monoisotopic (exact) mass is 437 g/mol. The van der Waals surface area contributed by atoms with Crippen molar-refractivity contribution in [1.82, 2.24) is 24.4 Å². The Morgan fingerprint density at radius 1 is 1.27 bits per heavy atom. The van der Waals surface area contributed by atoms with Crippen molar-refractivity contribution in [3.05, 3.63) is 17.5 Å². The summed E-state index contributed by atoms with van der Waals surface area (Å²) in [7, 11) is -3.48. The van der Waals surface area contributed by atoms with E-state index < -0.39 is 10.2 Å². The van der Waals surface area contributed by atoms with Gasteiger partial charge in [0.25, 0.3) is 16.1 Å². The smallest absolute Gasteiger partial charge is 0.282 e. The minimum Gasteiger partial charge on any atom is -0.360 e. The van der Waals surface area contributed by atoms with Gasteiger partial charge in [-0.1, -0.05) is 12.1 Å². The second kappa shape index (κ2) is 7.89. The third-order valence-corrected chi connectivity index (χ3v) is 9.16. The molecule has 4 fully saturated rings. The van der Waals surface area contributed by atoms with E-state index in [4.69, 9.17) is 4.52 Å². The van der Waals surface area contributed by atoms with E-state index in [1.807, 2.05) is 0 Å². The molecule has 0 aromatic carbocycles. The average Bonchev–Trinajstić information content (AvgIpc) is 3.40. The molecular formula is C20H31N5O4S. The van der Waals surface area contributed by atoms with Gasteiger partial charge in [0.15, 0.2) is 5.69 Å². The summed E-state index contributed by atoms with van der Waals surface area (Å²) in [5.74, 6) is 0.988. The fourth-order valence-electron chi connectivity index (χ4n) is 5.26. The summed E-state index contributed by atoms with van der Waals surface area (Å²) in [6, 6.07) is 1.83. The molecule has 2 unspecified atom stereocenters. The highest BCUT2D eigenvalue weighted by Crippen LogP contribution is 2.41. The Morgan fingerprint density at radius 2 is 2.00 bits per heavy atom. The molecule has 3 saturated heterocycles. The number of carbonyl (C=O) groups is 1. The van der Waals surface area contributed by atoms with Crippen LogP contribution in [0.1, 0.15) is 74.0 Å². The van der Waals surface area contributed by atoms with Crippen molar-refractivity contribution in [3.8, 4) is 0 Å². The number of piperidine rings is 1. The van der Waals surface area contributed by atoms with Crippen molar-refractivity contribution in [3.63, 3.8) is 0 Å². The van der Waals surface area contributed by atoms with Crippen LogP contribution in [0.5, 0.6) is 0 Å². The van der Waals surface area contributed by atoms with Crippen LogP contribution in [-0.4, -0.2) is 71.9 Å². The van der Waals surface area contributed by atoms with Crippen molar-refractivity contribution in [1.29, 1.82) is 0 Å². The molecule has 4 atom stereocenters. The molecule has 10 heteroatoms. The van der Waals surface area contributed by atoms with Gasteiger partial charge in [-0.25, -0.2) is 0 Å². The summed E-state index contributed by atoms with van der Waals surface area (Å²) in [5.41, 5.74) is 0.325. The van der Waals surface area contributed by atoms with Crippen molar-refractivity contribution >= 4 is 16.1 Å². The second-order valence-corrected chi connectivity index (χ2v) is 11.0. The number of hydrogen-bond donors (Lipinski definition) is 2. The number of hydrogen-bond acceptors (Lipinski definition) is 6. The number of nitrogens with one attached hydrogen (secondary N) is 2. The van der Waals surface area contributed by atoms with Crippen LogP contribution in [0.4, 0.5) is 0 Å². The predicted molar refractivity (Wildman–Crippen MR) is 110 cm³/mol. The van der Waals surface area contributed by atoms with Crippen molar-refractivity contribution < 1.29 is 17.7 Å². The molecule has 4 heterocycles. The maximum Gasteiger partial charge on any atom is 0.282 e. The lowest BCUT2D eigenvalue weighted by Gasteiger charge is -2.42. The highest BCUT2D eigenvalue weighted by atomic mass is 32.2. The second-order valence-electron chi connectivity index (χ2n) is 9.17. The van der Waals surface area contributed by atoms with Crippen molar-refractivity contribution in [2.45, 2.75) is 82.0 Å². The third kappa shape index (κ3) is 3.79. The minimum absolute atomic E-state index is 0.0334. The van der Waals surface area contributed by atoms with Crippen LogP contribution < -0.4 is 10.6 Å². The first kappa shape index (κ1) is 20.4. The highest BCUT2D eigenvalue weighted by Gasteiger charge is 2.49. The summed E-state index contributed by atoms with van der Waals surface area (Å²) < 4.78 is 35.5. The quantitative estimate of drug-likeness (QED) is 0.693.